The number of aliphatic hydroxyl groups excluding tert-OH is 1. The average molecular weight is 810 g/mol. The summed E-state index contributed by atoms with van der Waals surface area (Å²) in [5, 5.41) is 20.6. The van der Waals surface area contributed by atoms with Crippen molar-refractivity contribution in [3.8, 4) is 5.75 Å². The van der Waals surface area contributed by atoms with Crippen molar-refractivity contribution in [2.45, 2.75) is 63.6 Å². The van der Waals surface area contributed by atoms with Crippen molar-refractivity contribution in [2.24, 2.45) is 11.8 Å². The number of aliphatic hydroxyl groups is 1. The van der Waals surface area contributed by atoms with E-state index in [1.165, 1.54) is 6.08 Å². The van der Waals surface area contributed by atoms with Gasteiger partial charge in [0, 0.05) is 12.1 Å². The highest BCUT2D eigenvalue weighted by Crippen LogP contribution is 2.21. The van der Waals surface area contributed by atoms with Crippen LogP contribution in [0.2, 0.25) is 0 Å². The first-order chi connectivity index (χ1) is 29.2. The molecule has 0 saturated carbocycles. The van der Waals surface area contributed by atoms with Crippen molar-refractivity contribution in [3.63, 3.8) is 0 Å². The van der Waals surface area contributed by atoms with E-state index in [0.717, 1.165) is 40.3 Å². The Kier molecular flexibility index (Phi) is 17.7. The lowest BCUT2D eigenvalue weighted by molar-refractivity contribution is -0.151. The SMILES string of the molecule is C=CCCC[C@H](Cc1ccccc1)C(=O)OC[C@H](NC(=O)[C@H](CC=C)CC(=O)N[C@H](CO)Cc1ccc(OCc2ccccc2)cc1)C(=O)Nc1ccc2ccccc2c1. The molecule has 0 aliphatic heterocycles. The van der Waals surface area contributed by atoms with Crippen molar-refractivity contribution in [1.29, 1.82) is 0 Å². The predicted molar refractivity (Wildman–Crippen MR) is 236 cm³/mol. The minimum Gasteiger partial charge on any atom is -0.489 e. The summed E-state index contributed by atoms with van der Waals surface area (Å²) in [6.07, 6.45) is 6.07. The second-order valence-corrected chi connectivity index (χ2v) is 14.8. The van der Waals surface area contributed by atoms with Crippen molar-refractivity contribution < 1.29 is 33.8 Å². The van der Waals surface area contributed by atoms with E-state index in [1.54, 1.807) is 12.1 Å². The molecule has 0 aromatic heterocycles. The molecule has 0 spiro atoms. The lowest BCUT2D eigenvalue weighted by Crippen LogP contribution is -2.50. The fourth-order valence-electron chi connectivity index (χ4n) is 6.87. The minimum absolute atomic E-state index is 0.134. The summed E-state index contributed by atoms with van der Waals surface area (Å²) >= 11 is 0. The van der Waals surface area contributed by atoms with Gasteiger partial charge in [-0.1, -0.05) is 115 Å². The van der Waals surface area contributed by atoms with Gasteiger partial charge in [0.25, 0.3) is 5.91 Å². The van der Waals surface area contributed by atoms with Crippen molar-refractivity contribution in [1.82, 2.24) is 10.6 Å². The Hall–Kier alpha value is -6.52. The van der Waals surface area contributed by atoms with Gasteiger partial charge >= 0.3 is 5.97 Å². The van der Waals surface area contributed by atoms with Gasteiger partial charge in [-0.25, -0.2) is 0 Å². The minimum atomic E-state index is -1.28. The monoisotopic (exact) mass is 809 g/mol. The summed E-state index contributed by atoms with van der Waals surface area (Å²) in [5.41, 5.74) is 3.41. The fraction of sp³-hybridized carbons (Fsp3) is 0.280. The largest absolute Gasteiger partial charge is 0.489 e. The Bertz CT molecular complexity index is 2160. The summed E-state index contributed by atoms with van der Waals surface area (Å²) in [4.78, 5) is 54.8. The van der Waals surface area contributed by atoms with Gasteiger partial charge in [0.2, 0.25) is 11.8 Å². The zero-order valence-corrected chi connectivity index (χ0v) is 34.0. The number of nitrogens with one attached hydrogen (secondary N) is 3. The van der Waals surface area contributed by atoms with Crippen LogP contribution in [0.15, 0.2) is 153 Å². The Morgan fingerprint density at radius 1 is 0.683 bits per heavy atom. The molecule has 0 saturated heterocycles. The van der Waals surface area contributed by atoms with Gasteiger partial charge in [-0.3, -0.25) is 19.2 Å². The normalized spacial score (nSPS) is 12.9. The Morgan fingerprint density at radius 2 is 1.35 bits per heavy atom. The molecule has 0 unspecified atom stereocenters. The average Bonchev–Trinajstić information content (AvgIpc) is 3.27. The van der Waals surface area contributed by atoms with E-state index >= 15 is 0 Å². The lowest BCUT2D eigenvalue weighted by atomic mass is 9.94. The number of ether oxygens (including phenoxy) is 2. The first-order valence-electron chi connectivity index (χ1n) is 20.4. The molecule has 0 aliphatic carbocycles. The smallest absolute Gasteiger partial charge is 0.309 e. The molecule has 5 rings (SSSR count). The van der Waals surface area contributed by atoms with Crippen LogP contribution in [0.3, 0.4) is 0 Å². The van der Waals surface area contributed by atoms with Crippen molar-refractivity contribution in [2.75, 3.05) is 18.5 Å². The van der Waals surface area contributed by atoms with Crippen LogP contribution in [0, 0.1) is 11.8 Å². The van der Waals surface area contributed by atoms with E-state index in [4.69, 9.17) is 9.47 Å². The predicted octanol–water partition coefficient (Wildman–Crippen LogP) is 7.90. The molecule has 10 heteroatoms. The van der Waals surface area contributed by atoms with Gasteiger partial charge in [0.15, 0.2) is 0 Å². The molecule has 3 amide bonds. The van der Waals surface area contributed by atoms with E-state index in [-0.39, 0.29) is 19.4 Å². The molecule has 312 valence electrons. The molecule has 4 atom stereocenters. The third kappa shape index (κ3) is 14.4. The summed E-state index contributed by atoms with van der Waals surface area (Å²) < 4.78 is 11.7. The van der Waals surface area contributed by atoms with Crippen LogP contribution in [0.5, 0.6) is 5.75 Å². The molecule has 0 fully saturated rings. The number of fused-ring (bicyclic) bond motifs is 1. The van der Waals surface area contributed by atoms with E-state index < -0.39 is 54.2 Å². The fourth-order valence-corrected chi connectivity index (χ4v) is 6.87. The molecule has 10 nitrogen and oxygen atoms in total. The van der Waals surface area contributed by atoms with Gasteiger partial charge in [-0.05, 0) is 90.3 Å². The molecule has 5 aromatic rings. The third-order valence-electron chi connectivity index (χ3n) is 10.2. The maximum absolute atomic E-state index is 13.9. The number of hydrogen-bond acceptors (Lipinski definition) is 7. The van der Waals surface area contributed by atoms with Crippen LogP contribution in [0.4, 0.5) is 5.69 Å². The number of benzene rings is 5. The van der Waals surface area contributed by atoms with Crippen LogP contribution < -0.4 is 20.7 Å². The Morgan fingerprint density at radius 3 is 2.03 bits per heavy atom. The molecule has 4 N–H and O–H groups in total. The number of unbranched alkanes of at least 4 members (excludes halogenated alkanes) is 1. The standard InChI is InChI=1S/C50H55N3O7/c1-3-5-8-22-42(29-36-16-9-6-10-17-36)50(58)60-35-46(49(57)52-43-26-25-39-20-13-14-21-40(39)31-43)53-48(56)41(15-4-2)32-47(55)51-44(33-54)30-37-23-27-45(28-24-37)59-34-38-18-11-7-12-19-38/h3-4,6-7,9-14,16-21,23-28,31,41-42,44,46,54H,1-2,5,8,15,22,29-30,32-35H2,(H,51,55)(H,52,57)(H,53,56)/t41-,42-,44+,46+/m1/s1. The topological polar surface area (TPSA) is 143 Å². The summed E-state index contributed by atoms with van der Waals surface area (Å²) in [5.74, 6) is -2.79. The first kappa shape index (κ1) is 44.6. The van der Waals surface area contributed by atoms with E-state index in [0.29, 0.717) is 37.3 Å². The van der Waals surface area contributed by atoms with Gasteiger partial charge in [-0.15, -0.1) is 13.2 Å². The maximum atomic E-state index is 13.9. The number of hydrogen-bond donors (Lipinski definition) is 4. The number of rotatable bonds is 24. The maximum Gasteiger partial charge on any atom is 0.309 e. The molecule has 0 radical (unpaired) electrons. The molecule has 0 heterocycles. The number of amides is 3. The van der Waals surface area contributed by atoms with Gasteiger partial charge in [0.1, 0.15) is 25.0 Å². The van der Waals surface area contributed by atoms with Gasteiger partial charge in [0.05, 0.1) is 24.5 Å². The van der Waals surface area contributed by atoms with E-state index in [9.17, 15) is 24.3 Å². The van der Waals surface area contributed by atoms with Crippen LogP contribution in [-0.4, -0.2) is 54.1 Å². The van der Waals surface area contributed by atoms with E-state index in [1.807, 2.05) is 121 Å². The Balaban J connectivity index is 1.23. The summed E-state index contributed by atoms with van der Waals surface area (Å²) in [6.45, 7) is 7.26. The highest BCUT2D eigenvalue weighted by atomic mass is 16.5. The van der Waals surface area contributed by atoms with Crippen LogP contribution in [-0.2, 0) is 43.4 Å². The van der Waals surface area contributed by atoms with Crippen LogP contribution in [0.1, 0.15) is 48.8 Å². The van der Waals surface area contributed by atoms with Gasteiger partial charge < -0.3 is 30.5 Å². The van der Waals surface area contributed by atoms with Crippen molar-refractivity contribution >= 4 is 40.2 Å². The zero-order chi connectivity index (χ0) is 42.5. The molecular weight excluding hydrogens is 755 g/mol. The third-order valence-corrected chi connectivity index (χ3v) is 10.2. The molecule has 0 aliphatic rings. The van der Waals surface area contributed by atoms with Crippen LogP contribution >= 0.6 is 0 Å². The first-order valence-corrected chi connectivity index (χ1v) is 20.4. The highest BCUT2D eigenvalue weighted by Gasteiger charge is 2.30. The number of carbonyl (C=O) groups is 4. The molecular formula is C50H55N3O7. The summed E-state index contributed by atoms with van der Waals surface area (Å²) in [7, 11) is 0. The molecule has 0 bridgehead atoms. The van der Waals surface area contributed by atoms with Gasteiger partial charge in [-0.2, -0.15) is 0 Å². The number of carbonyl (C=O) groups excluding carboxylic acids is 4. The second-order valence-electron chi connectivity index (χ2n) is 14.8. The Labute approximate surface area is 352 Å². The quantitative estimate of drug-likeness (QED) is 0.0282. The summed E-state index contributed by atoms with van der Waals surface area (Å²) in [6, 6.07) is 38.2. The van der Waals surface area contributed by atoms with Crippen molar-refractivity contribution in [3.05, 3.63) is 169 Å². The molecule has 60 heavy (non-hydrogen) atoms. The van der Waals surface area contributed by atoms with E-state index in [2.05, 4.69) is 29.1 Å². The molecule has 5 aromatic carbocycles. The van der Waals surface area contributed by atoms with Crippen LogP contribution in [0.25, 0.3) is 10.8 Å². The highest BCUT2D eigenvalue weighted by molar-refractivity contribution is 5.99. The number of allylic oxidation sites excluding steroid dienone is 2. The second kappa shape index (κ2) is 23.8. The zero-order valence-electron chi connectivity index (χ0n) is 34.0. The lowest BCUT2D eigenvalue weighted by Gasteiger charge is -2.24. The number of esters is 1. The number of anilines is 1.